The van der Waals surface area contributed by atoms with Gasteiger partial charge in [-0.2, -0.15) is 8.75 Å². The van der Waals surface area contributed by atoms with Gasteiger partial charge in [0.05, 0.1) is 17.9 Å². The summed E-state index contributed by atoms with van der Waals surface area (Å²) in [6.45, 7) is 1.98. The van der Waals surface area contributed by atoms with Crippen LogP contribution in [-0.4, -0.2) is 13.9 Å². The molecule has 0 spiro atoms. The van der Waals surface area contributed by atoms with E-state index in [9.17, 15) is 5.11 Å². The van der Waals surface area contributed by atoms with E-state index in [4.69, 9.17) is 0 Å². The van der Waals surface area contributed by atoms with Gasteiger partial charge in [-0.15, -0.1) is 11.3 Å². The topological polar surface area (TPSA) is 46.0 Å². The number of thiophene rings is 1. The Kier molecular flexibility index (Phi) is 2.39. The second-order valence-corrected chi connectivity index (χ2v) is 4.21. The Balaban J connectivity index is 2.33. The van der Waals surface area contributed by atoms with Crippen molar-refractivity contribution in [3.05, 3.63) is 33.8 Å². The molecule has 0 radical (unpaired) electrons. The summed E-state index contributed by atoms with van der Waals surface area (Å²) in [5.74, 6) is 0. The first-order chi connectivity index (χ1) is 6.29. The van der Waals surface area contributed by atoms with Crippen molar-refractivity contribution in [2.24, 2.45) is 0 Å². The summed E-state index contributed by atoms with van der Waals surface area (Å²) in [4.78, 5) is 0.952. The standard InChI is InChI=1S/C8H8N2OS2/c1-5-2-3-12-8(5)7(11)6-4-9-13-10-6/h2-4,7,11H,1H3. The first-order valence-corrected chi connectivity index (χ1v) is 5.39. The number of hydrogen-bond acceptors (Lipinski definition) is 5. The van der Waals surface area contributed by atoms with Crippen molar-refractivity contribution in [1.29, 1.82) is 0 Å². The zero-order valence-corrected chi connectivity index (χ0v) is 8.60. The van der Waals surface area contributed by atoms with Crippen molar-refractivity contribution >= 4 is 23.1 Å². The molecule has 0 saturated carbocycles. The lowest BCUT2D eigenvalue weighted by Gasteiger charge is -2.05. The molecule has 2 aromatic heterocycles. The first-order valence-electron chi connectivity index (χ1n) is 3.78. The molecule has 1 N–H and O–H groups in total. The van der Waals surface area contributed by atoms with Crippen molar-refractivity contribution < 1.29 is 5.11 Å². The second kappa shape index (κ2) is 3.53. The largest absolute Gasteiger partial charge is 0.381 e. The third-order valence-electron chi connectivity index (χ3n) is 1.81. The van der Waals surface area contributed by atoms with Gasteiger partial charge < -0.3 is 5.11 Å². The number of hydrogen-bond donors (Lipinski definition) is 1. The van der Waals surface area contributed by atoms with Crippen LogP contribution < -0.4 is 0 Å². The summed E-state index contributed by atoms with van der Waals surface area (Å²) in [5.41, 5.74) is 1.74. The van der Waals surface area contributed by atoms with E-state index in [1.54, 1.807) is 17.5 Å². The highest BCUT2D eigenvalue weighted by Crippen LogP contribution is 2.27. The van der Waals surface area contributed by atoms with Gasteiger partial charge in [0.25, 0.3) is 0 Å². The Hall–Kier alpha value is -0.780. The van der Waals surface area contributed by atoms with Gasteiger partial charge in [-0.1, -0.05) is 0 Å². The third-order valence-corrected chi connectivity index (χ3v) is 3.37. The number of rotatable bonds is 2. The smallest absolute Gasteiger partial charge is 0.133 e. The van der Waals surface area contributed by atoms with Gasteiger partial charge >= 0.3 is 0 Å². The van der Waals surface area contributed by atoms with Crippen molar-refractivity contribution in [2.45, 2.75) is 13.0 Å². The summed E-state index contributed by atoms with van der Waals surface area (Å²) in [7, 11) is 0. The minimum atomic E-state index is -0.612. The maximum Gasteiger partial charge on any atom is 0.133 e. The third kappa shape index (κ3) is 1.63. The van der Waals surface area contributed by atoms with Crippen LogP contribution in [0.3, 0.4) is 0 Å². The van der Waals surface area contributed by atoms with Gasteiger partial charge in [-0.3, -0.25) is 0 Å². The van der Waals surface area contributed by atoms with Crippen LogP contribution in [-0.2, 0) is 0 Å². The molecule has 3 nitrogen and oxygen atoms in total. The lowest BCUT2D eigenvalue weighted by molar-refractivity contribution is 0.219. The summed E-state index contributed by atoms with van der Waals surface area (Å²) in [6.07, 6.45) is 0.993. The lowest BCUT2D eigenvalue weighted by atomic mass is 10.1. The van der Waals surface area contributed by atoms with E-state index in [1.807, 2.05) is 18.4 Å². The number of aliphatic hydroxyl groups is 1. The summed E-state index contributed by atoms with van der Waals surface area (Å²) < 4.78 is 7.86. The lowest BCUT2D eigenvalue weighted by Crippen LogP contribution is -1.98. The molecule has 0 aromatic carbocycles. The fourth-order valence-electron chi connectivity index (χ4n) is 1.09. The second-order valence-electron chi connectivity index (χ2n) is 2.70. The minimum Gasteiger partial charge on any atom is -0.381 e. The van der Waals surface area contributed by atoms with Crippen molar-refractivity contribution in [2.75, 3.05) is 0 Å². The zero-order valence-electron chi connectivity index (χ0n) is 6.97. The molecule has 68 valence electrons. The Morgan fingerprint density at radius 1 is 1.54 bits per heavy atom. The molecule has 0 saturated heterocycles. The van der Waals surface area contributed by atoms with Crippen molar-refractivity contribution in [3.8, 4) is 0 Å². The number of aliphatic hydroxyl groups excluding tert-OH is 1. The molecule has 1 atom stereocenters. The summed E-state index contributed by atoms with van der Waals surface area (Å²) in [5, 5.41) is 11.8. The highest BCUT2D eigenvalue weighted by Gasteiger charge is 2.16. The molecule has 1 unspecified atom stereocenters. The van der Waals surface area contributed by atoms with Gasteiger partial charge in [0.15, 0.2) is 0 Å². The molecule has 5 heteroatoms. The molecular formula is C8H8N2OS2. The molecule has 0 fully saturated rings. The van der Waals surface area contributed by atoms with Crippen LogP contribution in [0.15, 0.2) is 17.6 Å². The molecule has 2 rings (SSSR count). The van der Waals surface area contributed by atoms with Gasteiger partial charge in [0.1, 0.15) is 11.8 Å². The van der Waals surface area contributed by atoms with Crippen LogP contribution >= 0.6 is 23.1 Å². The Morgan fingerprint density at radius 2 is 2.38 bits per heavy atom. The maximum atomic E-state index is 9.87. The highest BCUT2D eigenvalue weighted by molar-refractivity contribution is 7.10. The minimum absolute atomic E-state index is 0.612. The Labute approximate surface area is 84.0 Å². The molecule has 0 aliphatic heterocycles. The van der Waals surface area contributed by atoms with Crippen LogP contribution in [0, 0.1) is 6.92 Å². The van der Waals surface area contributed by atoms with E-state index in [0.29, 0.717) is 5.69 Å². The first kappa shape index (κ1) is 8.80. The predicted octanol–water partition coefficient (Wildman–Crippen LogP) is 1.99. The Morgan fingerprint density at radius 3 is 2.92 bits per heavy atom. The predicted molar refractivity (Wildman–Crippen MR) is 53.0 cm³/mol. The van der Waals surface area contributed by atoms with E-state index in [2.05, 4.69) is 8.75 Å². The van der Waals surface area contributed by atoms with E-state index in [0.717, 1.165) is 22.2 Å². The monoisotopic (exact) mass is 212 g/mol. The maximum absolute atomic E-state index is 9.87. The molecule has 0 aliphatic carbocycles. The average Bonchev–Trinajstić information content (AvgIpc) is 2.72. The van der Waals surface area contributed by atoms with Crippen molar-refractivity contribution in [3.63, 3.8) is 0 Å². The molecule has 0 bridgehead atoms. The number of aryl methyl sites for hydroxylation is 1. The van der Waals surface area contributed by atoms with Gasteiger partial charge in [-0.25, -0.2) is 0 Å². The van der Waals surface area contributed by atoms with E-state index < -0.39 is 6.10 Å². The van der Waals surface area contributed by atoms with Gasteiger partial charge in [0, 0.05) is 4.88 Å². The highest BCUT2D eigenvalue weighted by atomic mass is 32.1. The van der Waals surface area contributed by atoms with Gasteiger partial charge in [0.2, 0.25) is 0 Å². The normalized spacial score (nSPS) is 13.1. The quantitative estimate of drug-likeness (QED) is 0.828. The van der Waals surface area contributed by atoms with Crippen molar-refractivity contribution in [1.82, 2.24) is 8.75 Å². The van der Waals surface area contributed by atoms with Crippen LogP contribution in [0.25, 0.3) is 0 Å². The molecule has 0 amide bonds. The molecule has 0 aliphatic rings. The fraction of sp³-hybridized carbons (Fsp3) is 0.250. The van der Waals surface area contributed by atoms with Crippen LogP contribution in [0.5, 0.6) is 0 Å². The fourth-order valence-corrected chi connectivity index (χ4v) is 2.46. The van der Waals surface area contributed by atoms with E-state index >= 15 is 0 Å². The summed E-state index contributed by atoms with van der Waals surface area (Å²) >= 11 is 2.66. The molecular weight excluding hydrogens is 204 g/mol. The van der Waals surface area contributed by atoms with Crippen LogP contribution in [0.4, 0.5) is 0 Å². The zero-order chi connectivity index (χ0) is 9.26. The average molecular weight is 212 g/mol. The van der Waals surface area contributed by atoms with E-state index in [-0.39, 0.29) is 0 Å². The summed E-state index contributed by atoms with van der Waals surface area (Å²) in [6, 6.07) is 1.99. The molecule has 13 heavy (non-hydrogen) atoms. The number of aromatic nitrogens is 2. The SMILES string of the molecule is Cc1ccsc1C(O)c1cnsn1. The van der Waals surface area contributed by atoms with Gasteiger partial charge in [-0.05, 0) is 23.9 Å². The number of nitrogens with zero attached hydrogens (tertiary/aromatic N) is 2. The molecule has 2 heterocycles. The molecule has 2 aromatic rings. The van der Waals surface area contributed by atoms with Crippen LogP contribution in [0.2, 0.25) is 0 Å². The van der Waals surface area contributed by atoms with Crippen LogP contribution in [0.1, 0.15) is 22.2 Å². The Bertz CT molecular complexity index is 383. The van der Waals surface area contributed by atoms with E-state index in [1.165, 1.54) is 0 Å².